The van der Waals surface area contributed by atoms with Crippen LogP contribution in [0.5, 0.6) is 0 Å². The van der Waals surface area contributed by atoms with Crippen molar-refractivity contribution in [1.82, 2.24) is 4.90 Å². The summed E-state index contributed by atoms with van der Waals surface area (Å²) in [6.45, 7) is 5.09. The van der Waals surface area contributed by atoms with Gasteiger partial charge in [0.1, 0.15) is 5.60 Å². The molecule has 0 fully saturated rings. The minimum absolute atomic E-state index is 0.0316. The van der Waals surface area contributed by atoms with Crippen molar-refractivity contribution in [3.8, 4) is 0 Å². The van der Waals surface area contributed by atoms with Gasteiger partial charge in [-0.2, -0.15) is 0 Å². The lowest BCUT2D eigenvalue weighted by molar-refractivity contribution is -0.384. The molecule has 1 rings (SSSR count). The highest BCUT2D eigenvalue weighted by Gasteiger charge is 2.23. The van der Waals surface area contributed by atoms with Gasteiger partial charge < -0.3 is 14.7 Å². The Morgan fingerprint density at radius 2 is 2.00 bits per heavy atom. The van der Waals surface area contributed by atoms with Gasteiger partial charge in [0, 0.05) is 25.2 Å². The second-order valence-corrected chi connectivity index (χ2v) is 5.97. The van der Waals surface area contributed by atoms with Gasteiger partial charge in [-0.15, -0.1) is 0 Å². The van der Waals surface area contributed by atoms with E-state index in [1.165, 1.54) is 23.1 Å². The number of rotatable bonds is 6. The summed E-state index contributed by atoms with van der Waals surface area (Å²) in [5.74, 6) is -1.04. The fourth-order valence-corrected chi connectivity index (χ4v) is 1.78. The van der Waals surface area contributed by atoms with Crippen LogP contribution in [0.2, 0.25) is 0 Å². The average molecular weight is 324 g/mol. The van der Waals surface area contributed by atoms with Crippen molar-refractivity contribution in [2.24, 2.45) is 0 Å². The molecule has 8 nitrogen and oxygen atoms in total. The number of carboxylic acid groups (broad SMARTS) is 1. The third kappa shape index (κ3) is 6.77. The Morgan fingerprint density at radius 3 is 2.52 bits per heavy atom. The minimum atomic E-state index is -1.04. The van der Waals surface area contributed by atoms with E-state index >= 15 is 0 Å². The molecule has 0 saturated carbocycles. The molecule has 0 aliphatic carbocycles. The molecule has 0 saturated heterocycles. The number of ether oxygens (including phenoxy) is 1. The molecular weight excluding hydrogens is 304 g/mol. The van der Waals surface area contributed by atoms with Crippen LogP contribution >= 0.6 is 0 Å². The van der Waals surface area contributed by atoms with Crippen molar-refractivity contribution < 1.29 is 24.4 Å². The molecule has 1 aromatic rings. The summed E-state index contributed by atoms with van der Waals surface area (Å²) >= 11 is 0. The SMILES string of the molecule is CC(C)(C)OC(=O)N(CCC(=O)O)Cc1cccc([N+](=O)[O-])c1. The highest BCUT2D eigenvalue weighted by Crippen LogP contribution is 2.17. The van der Waals surface area contributed by atoms with Crippen LogP contribution in [0, 0.1) is 10.1 Å². The predicted molar refractivity (Wildman–Crippen MR) is 82.0 cm³/mol. The lowest BCUT2D eigenvalue weighted by atomic mass is 10.2. The molecule has 0 aliphatic rings. The highest BCUT2D eigenvalue weighted by molar-refractivity contribution is 5.71. The molecule has 0 spiro atoms. The molecular formula is C15H20N2O6. The zero-order chi connectivity index (χ0) is 17.6. The van der Waals surface area contributed by atoms with Gasteiger partial charge in [-0.3, -0.25) is 14.9 Å². The molecule has 1 N–H and O–H groups in total. The van der Waals surface area contributed by atoms with Crippen LogP contribution in [0.3, 0.4) is 0 Å². The largest absolute Gasteiger partial charge is 0.481 e. The molecule has 0 heterocycles. The number of benzene rings is 1. The number of carboxylic acids is 1. The maximum absolute atomic E-state index is 12.2. The monoisotopic (exact) mass is 324 g/mol. The van der Waals surface area contributed by atoms with Gasteiger partial charge in [0.2, 0.25) is 0 Å². The van der Waals surface area contributed by atoms with Crippen molar-refractivity contribution in [2.75, 3.05) is 6.54 Å². The Bertz CT molecular complexity index is 594. The molecule has 126 valence electrons. The van der Waals surface area contributed by atoms with E-state index < -0.39 is 22.6 Å². The average Bonchev–Trinajstić information content (AvgIpc) is 2.41. The smallest absolute Gasteiger partial charge is 0.410 e. The number of aliphatic carboxylic acids is 1. The van der Waals surface area contributed by atoms with Crippen molar-refractivity contribution in [3.05, 3.63) is 39.9 Å². The Balaban J connectivity index is 2.91. The van der Waals surface area contributed by atoms with Gasteiger partial charge in [-0.05, 0) is 26.3 Å². The maximum atomic E-state index is 12.2. The summed E-state index contributed by atoms with van der Waals surface area (Å²) in [6, 6.07) is 5.83. The third-order valence-electron chi connectivity index (χ3n) is 2.74. The maximum Gasteiger partial charge on any atom is 0.410 e. The number of carbonyl (C=O) groups is 2. The lowest BCUT2D eigenvalue weighted by Crippen LogP contribution is -2.37. The van der Waals surface area contributed by atoms with Gasteiger partial charge in [0.05, 0.1) is 11.3 Å². The molecule has 1 amide bonds. The second kappa shape index (κ2) is 7.57. The van der Waals surface area contributed by atoms with Crippen LogP contribution in [0.15, 0.2) is 24.3 Å². The van der Waals surface area contributed by atoms with Crippen molar-refractivity contribution in [1.29, 1.82) is 0 Å². The Kier molecular flexibility index (Phi) is 6.06. The first-order valence-electron chi connectivity index (χ1n) is 7.01. The molecule has 23 heavy (non-hydrogen) atoms. The number of hydrogen-bond acceptors (Lipinski definition) is 5. The van der Waals surface area contributed by atoms with Crippen LogP contribution in [0.25, 0.3) is 0 Å². The Labute approximate surface area is 133 Å². The minimum Gasteiger partial charge on any atom is -0.481 e. The van der Waals surface area contributed by atoms with E-state index in [4.69, 9.17) is 9.84 Å². The summed E-state index contributed by atoms with van der Waals surface area (Å²) in [5.41, 5.74) is -0.290. The zero-order valence-corrected chi connectivity index (χ0v) is 13.3. The van der Waals surface area contributed by atoms with E-state index in [2.05, 4.69) is 0 Å². The molecule has 0 bridgehead atoms. The summed E-state index contributed by atoms with van der Waals surface area (Å²) in [5, 5.41) is 19.6. The van der Waals surface area contributed by atoms with Gasteiger partial charge in [0.15, 0.2) is 0 Å². The number of carbonyl (C=O) groups excluding carboxylic acids is 1. The van der Waals surface area contributed by atoms with E-state index in [0.717, 1.165) is 0 Å². The molecule has 0 atom stereocenters. The van der Waals surface area contributed by atoms with Gasteiger partial charge in [-0.1, -0.05) is 12.1 Å². The molecule has 0 unspecified atom stereocenters. The van der Waals surface area contributed by atoms with E-state index in [-0.39, 0.29) is 25.2 Å². The number of nitro groups is 1. The van der Waals surface area contributed by atoms with Crippen LogP contribution in [-0.2, 0) is 16.1 Å². The van der Waals surface area contributed by atoms with Gasteiger partial charge >= 0.3 is 12.1 Å². The quantitative estimate of drug-likeness (QED) is 0.636. The fourth-order valence-electron chi connectivity index (χ4n) is 1.78. The third-order valence-corrected chi connectivity index (χ3v) is 2.74. The number of nitrogens with zero attached hydrogens (tertiary/aromatic N) is 2. The van der Waals surface area contributed by atoms with Crippen molar-refractivity contribution in [3.63, 3.8) is 0 Å². The molecule has 1 aromatic carbocycles. The standard InChI is InChI=1S/C15H20N2O6/c1-15(2,3)23-14(20)16(8-7-13(18)19)10-11-5-4-6-12(9-11)17(21)22/h4-6,9H,7-8,10H2,1-3H3,(H,18,19). The van der Waals surface area contributed by atoms with E-state index in [0.29, 0.717) is 5.56 Å². The zero-order valence-electron chi connectivity index (χ0n) is 13.3. The first-order valence-corrected chi connectivity index (χ1v) is 7.01. The van der Waals surface area contributed by atoms with Crippen LogP contribution in [0.4, 0.5) is 10.5 Å². The second-order valence-electron chi connectivity index (χ2n) is 5.97. The van der Waals surface area contributed by atoms with Crippen LogP contribution < -0.4 is 0 Å². The van der Waals surface area contributed by atoms with Crippen LogP contribution in [-0.4, -0.2) is 39.1 Å². The number of nitro benzene ring substituents is 1. The molecule has 0 radical (unpaired) electrons. The van der Waals surface area contributed by atoms with E-state index in [1.54, 1.807) is 26.8 Å². The Hall–Kier alpha value is -2.64. The molecule has 0 aliphatic heterocycles. The predicted octanol–water partition coefficient (Wildman–Crippen LogP) is 2.81. The van der Waals surface area contributed by atoms with E-state index in [1.807, 2.05) is 0 Å². The fraction of sp³-hybridized carbons (Fsp3) is 0.467. The summed E-state index contributed by atoms with van der Waals surface area (Å²) in [7, 11) is 0. The van der Waals surface area contributed by atoms with E-state index in [9.17, 15) is 19.7 Å². The summed E-state index contributed by atoms with van der Waals surface area (Å²) < 4.78 is 5.24. The molecule has 8 heteroatoms. The van der Waals surface area contributed by atoms with Gasteiger partial charge in [0.25, 0.3) is 5.69 Å². The summed E-state index contributed by atoms with van der Waals surface area (Å²) in [6.07, 6.45) is -0.904. The molecule has 0 aromatic heterocycles. The van der Waals surface area contributed by atoms with Crippen LogP contribution in [0.1, 0.15) is 32.8 Å². The highest BCUT2D eigenvalue weighted by atomic mass is 16.6. The number of amides is 1. The lowest BCUT2D eigenvalue weighted by Gasteiger charge is -2.27. The van der Waals surface area contributed by atoms with Crippen molar-refractivity contribution in [2.45, 2.75) is 39.3 Å². The first kappa shape index (κ1) is 18.4. The first-order chi connectivity index (χ1) is 10.6. The van der Waals surface area contributed by atoms with Crippen molar-refractivity contribution >= 4 is 17.7 Å². The number of hydrogen-bond donors (Lipinski definition) is 1. The van der Waals surface area contributed by atoms with Gasteiger partial charge in [-0.25, -0.2) is 4.79 Å². The summed E-state index contributed by atoms with van der Waals surface area (Å²) in [4.78, 5) is 34.4. The topological polar surface area (TPSA) is 110 Å². The number of non-ortho nitro benzene ring substituents is 1. The Morgan fingerprint density at radius 1 is 1.35 bits per heavy atom. The normalized spacial score (nSPS) is 10.9.